The number of rotatable bonds is 7. The summed E-state index contributed by atoms with van der Waals surface area (Å²) in [7, 11) is 1.55. The summed E-state index contributed by atoms with van der Waals surface area (Å²) in [5.41, 5.74) is 11.3. The zero-order valence-corrected chi connectivity index (χ0v) is 11.5. The molecule has 1 unspecified atom stereocenters. The highest BCUT2D eigenvalue weighted by Crippen LogP contribution is 2.16. The number of hydrogen-bond donors (Lipinski definition) is 4. The summed E-state index contributed by atoms with van der Waals surface area (Å²) < 4.78 is 4.83. The average molecular weight is 281 g/mol. The maximum Gasteiger partial charge on any atom is 0.267 e. The summed E-state index contributed by atoms with van der Waals surface area (Å²) in [6.45, 7) is 2.49. The highest BCUT2D eigenvalue weighted by Gasteiger charge is 2.15. The van der Waals surface area contributed by atoms with Crippen molar-refractivity contribution in [3.63, 3.8) is 0 Å². The summed E-state index contributed by atoms with van der Waals surface area (Å²) in [4.78, 5) is 26.8. The van der Waals surface area contributed by atoms with Gasteiger partial charge in [0.05, 0.1) is 12.3 Å². The molecule has 20 heavy (non-hydrogen) atoms. The van der Waals surface area contributed by atoms with Crippen LogP contribution in [0.1, 0.15) is 17.4 Å². The van der Waals surface area contributed by atoms with Gasteiger partial charge in [0.25, 0.3) is 5.91 Å². The normalized spacial score (nSPS) is 11.7. The van der Waals surface area contributed by atoms with Crippen LogP contribution in [0.15, 0.2) is 12.1 Å². The first-order chi connectivity index (χ1) is 9.45. The van der Waals surface area contributed by atoms with Gasteiger partial charge >= 0.3 is 0 Å². The molecule has 6 N–H and O–H groups in total. The van der Waals surface area contributed by atoms with Crippen LogP contribution in [0.25, 0.3) is 0 Å². The average Bonchev–Trinajstić information content (AvgIpc) is 2.41. The molecule has 0 saturated heterocycles. The van der Waals surface area contributed by atoms with Gasteiger partial charge < -0.3 is 26.8 Å². The predicted molar refractivity (Wildman–Crippen MR) is 75.1 cm³/mol. The van der Waals surface area contributed by atoms with Gasteiger partial charge in [-0.1, -0.05) is 0 Å². The third-order valence-electron chi connectivity index (χ3n) is 2.53. The molecule has 1 rings (SSSR count). The number of methoxy groups -OCH3 is 1. The zero-order chi connectivity index (χ0) is 15.1. The van der Waals surface area contributed by atoms with Gasteiger partial charge in [0, 0.05) is 13.7 Å². The molecule has 0 bridgehead atoms. The molecule has 8 nitrogen and oxygen atoms in total. The Morgan fingerprint density at radius 2 is 2.15 bits per heavy atom. The largest absolute Gasteiger partial charge is 0.396 e. The topological polar surface area (TPSA) is 132 Å². The van der Waals surface area contributed by atoms with Gasteiger partial charge in [-0.15, -0.1) is 0 Å². The van der Waals surface area contributed by atoms with E-state index in [-0.39, 0.29) is 17.4 Å². The van der Waals surface area contributed by atoms with E-state index >= 15 is 0 Å². The van der Waals surface area contributed by atoms with Gasteiger partial charge in [-0.2, -0.15) is 0 Å². The van der Waals surface area contributed by atoms with Crippen molar-refractivity contribution in [2.45, 2.75) is 13.0 Å². The third kappa shape index (κ3) is 4.39. The predicted octanol–water partition coefficient (Wildman–Crippen LogP) is -0.674. The summed E-state index contributed by atoms with van der Waals surface area (Å²) in [6.07, 6.45) is 0. The molecule has 1 aromatic rings. The second kappa shape index (κ2) is 7.29. The molecule has 0 saturated carbocycles. The molecular weight excluding hydrogens is 262 g/mol. The number of ether oxygens (including phenoxy) is 1. The van der Waals surface area contributed by atoms with Crippen molar-refractivity contribution in [2.75, 3.05) is 31.3 Å². The highest BCUT2D eigenvalue weighted by molar-refractivity contribution is 5.92. The first kappa shape index (κ1) is 15.7. The number of nitrogens with two attached hydrogens (primary N) is 2. The van der Waals surface area contributed by atoms with E-state index in [1.165, 1.54) is 12.1 Å². The van der Waals surface area contributed by atoms with Gasteiger partial charge in [0.15, 0.2) is 5.82 Å². The van der Waals surface area contributed by atoms with Crippen molar-refractivity contribution in [2.24, 2.45) is 5.73 Å². The van der Waals surface area contributed by atoms with Crippen LogP contribution in [0.4, 0.5) is 11.5 Å². The first-order valence-corrected chi connectivity index (χ1v) is 6.05. The summed E-state index contributed by atoms with van der Waals surface area (Å²) in [5, 5.41) is 5.51. The summed E-state index contributed by atoms with van der Waals surface area (Å²) >= 11 is 0. The molecule has 0 aromatic carbocycles. The van der Waals surface area contributed by atoms with E-state index in [1.54, 1.807) is 14.0 Å². The van der Waals surface area contributed by atoms with Crippen LogP contribution in [0, 0.1) is 0 Å². The van der Waals surface area contributed by atoms with Crippen molar-refractivity contribution in [3.05, 3.63) is 17.8 Å². The number of carbonyl (C=O) groups excluding carboxylic acids is 2. The molecule has 0 spiro atoms. The second-order valence-electron chi connectivity index (χ2n) is 4.15. The number of nitrogens with one attached hydrogen (secondary N) is 2. The van der Waals surface area contributed by atoms with Gasteiger partial charge in [-0.25, -0.2) is 4.98 Å². The van der Waals surface area contributed by atoms with Gasteiger partial charge in [-0.3, -0.25) is 9.59 Å². The van der Waals surface area contributed by atoms with Crippen molar-refractivity contribution >= 4 is 23.3 Å². The second-order valence-corrected chi connectivity index (χ2v) is 4.15. The SMILES string of the molecule is COCCNC(=O)C(C)Nc1nc(C(N)=O)ccc1N. The van der Waals surface area contributed by atoms with Gasteiger partial charge in [0.1, 0.15) is 11.7 Å². The number of carbonyl (C=O) groups is 2. The zero-order valence-electron chi connectivity index (χ0n) is 11.5. The lowest BCUT2D eigenvalue weighted by Gasteiger charge is -2.16. The van der Waals surface area contributed by atoms with Crippen molar-refractivity contribution in [1.82, 2.24) is 10.3 Å². The number of primary amides is 1. The third-order valence-corrected chi connectivity index (χ3v) is 2.53. The smallest absolute Gasteiger partial charge is 0.267 e. The van der Waals surface area contributed by atoms with Gasteiger partial charge in [-0.05, 0) is 19.1 Å². The van der Waals surface area contributed by atoms with E-state index < -0.39 is 11.9 Å². The fraction of sp³-hybridized carbons (Fsp3) is 0.417. The Morgan fingerprint density at radius 3 is 2.75 bits per heavy atom. The highest BCUT2D eigenvalue weighted by atomic mass is 16.5. The Morgan fingerprint density at radius 1 is 1.45 bits per heavy atom. The number of nitrogens with zero attached hydrogens (tertiary/aromatic N) is 1. The minimum absolute atomic E-state index is 0.0775. The molecule has 0 aliphatic heterocycles. The Labute approximate surface area is 116 Å². The molecule has 1 heterocycles. The van der Waals surface area contributed by atoms with E-state index in [9.17, 15) is 9.59 Å². The fourth-order valence-corrected chi connectivity index (χ4v) is 1.42. The molecule has 0 fully saturated rings. The molecule has 8 heteroatoms. The summed E-state index contributed by atoms with van der Waals surface area (Å²) in [6, 6.07) is 2.36. The lowest BCUT2D eigenvalue weighted by atomic mass is 10.2. The fourth-order valence-electron chi connectivity index (χ4n) is 1.42. The molecular formula is C12H19N5O3. The number of anilines is 2. The molecule has 2 amide bonds. The van der Waals surface area contributed by atoms with Crippen molar-refractivity contribution in [3.8, 4) is 0 Å². The Hall–Kier alpha value is -2.35. The van der Waals surface area contributed by atoms with E-state index in [0.717, 1.165) is 0 Å². The van der Waals surface area contributed by atoms with E-state index in [4.69, 9.17) is 16.2 Å². The number of nitrogen functional groups attached to an aromatic ring is 1. The van der Waals surface area contributed by atoms with Crippen LogP contribution in [0.5, 0.6) is 0 Å². The first-order valence-electron chi connectivity index (χ1n) is 6.05. The minimum Gasteiger partial charge on any atom is -0.396 e. The lowest BCUT2D eigenvalue weighted by Crippen LogP contribution is -2.39. The molecule has 0 aliphatic carbocycles. The lowest BCUT2D eigenvalue weighted by molar-refractivity contribution is -0.121. The monoisotopic (exact) mass is 281 g/mol. The number of pyridine rings is 1. The quantitative estimate of drug-likeness (QED) is 0.490. The van der Waals surface area contributed by atoms with Crippen LogP contribution < -0.4 is 22.1 Å². The maximum atomic E-state index is 11.8. The van der Waals surface area contributed by atoms with E-state index in [2.05, 4.69) is 15.6 Å². The molecule has 1 atom stereocenters. The van der Waals surface area contributed by atoms with E-state index in [0.29, 0.717) is 18.8 Å². The van der Waals surface area contributed by atoms with Crippen molar-refractivity contribution < 1.29 is 14.3 Å². The molecule has 0 aliphatic rings. The van der Waals surface area contributed by atoms with Crippen LogP contribution in [0.3, 0.4) is 0 Å². The molecule has 1 aromatic heterocycles. The van der Waals surface area contributed by atoms with Crippen molar-refractivity contribution in [1.29, 1.82) is 0 Å². The molecule has 110 valence electrons. The van der Waals surface area contributed by atoms with Gasteiger partial charge in [0.2, 0.25) is 5.91 Å². The van der Waals surface area contributed by atoms with Crippen LogP contribution >= 0.6 is 0 Å². The Bertz CT molecular complexity index is 492. The van der Waals surface area contributed by atoms with Crippen LogP contribution in [0.2, 0.25) is 0 Å². The number of hydrogen-bond acceptors (Lipinski definition) is 6. The standard InChI is InChI=1S/C12H19N5O3/c1-7(12(19)15-5-6-20-2)16-11-8(13)3-4-9(17-11)10(14)18/h3-4,7H,5-6,13H2,1-2H3,(H2,14,18)(H,15,19)(H,16,17). The minimum atomic E-state index is -0.662. The molecule has 0 radical (unpaired) electrons. The van der Waals surface area contributed by atoms with Crippen LogP contribution in [-0.2, 0) is 9.53 Å². The Balaban J connectivity index is 2.69. The summed E-state index contributed by atoms with van der Waals surface area (Å²) in [5.74, 6) is -0.645. The van der Waals surface area contributed by atoms with E-state index in [1.807, 2.05) is 0 Å². The number of amides is 2. The Kier molecular flexibility index (Phi) is 5.73. The number of aromatic nitrogens is 1. The van der Waals surface area contributed by atoms with Crippen LogP contribution in [-0.4, -0.2) is 43.1 Å². The maximum absolute atomic E-state index is 11.8.